The lowest BCUT2D eigenvalue weighted by atomic mass is 10.0. The van der Waals surface area contributed by atoms with Gasteiger partial charge in [-0.2, -0.15) is 0 Å². The van der Waals surface area contributed by atoms with Gasteiger partial charge in [0.15, 0.2) is 0 Å². The molecule has 1 atom stereocenters. The molecule has 1 heterocycles. The average Bonchev–Trinajstić information content (AvgIpc) is 2.57. The first-order chi connectivity index (χ1) is 8.47. The minimum absolute atomic E-state index is 0.0223. The Bertz CT molecular complexity index is 546. The molecule has 0 bridgehead atoms. The summed E-state index contributed by atoms with van der Waals surface area (Å²) in [5, 5.41) is 15.6. The Balaban J connectivity index is 2.28. The third kappa shape index (κ3) is 2.40. The van der Waals surface area contributed by atoms with Gasteiger partial charge >= 0.3 is 6.03 Å². The fourth-order valence-electron chi connectivity index (χ4n) is 1.72. The average molecular weight is 270 g/mol. The van der Waals surface area contributed by atoms with E-state index in [-0.39, 0.29) is 12.1 Å². The van der Waals surface area contributed by atoms with Crippen LogP contribution in [0.4, 0.5) is 10.5 Å². The monoisotopic (exact) mass is 269 g/mol. The van der Waals surface area contributed by atoms with E-state index in [0.29, 0.717) is 10.6 Å². The van der Waals surface area contributed by atoms with Gasteiger partial charge in [0.2, 0.25) is 0 Å². The van der Waals surface area contributed by atoms with Crippen molar-refractivity contribution < 1.29 is 14.5 Å². The number of imide groups is 1. The summed E-state index contributed by atoms with van der Waals surface area (Å²) in [4.78, 5) is 32.6. The van der Waals surface area contributed by atoms with Crippen LogP contribution >= 0.6 is 11.6 Å². The van der Waals surface area contributed by atoms with Crippen molar-refractivity contribution in [1.29, 1.82) is 0 Å². The maximum Gasteiger partial charge on any atom is 0.322 e. The molecule has 7 nitrogen and oxygen atoms in total. The van der Waals surface area contributed by atoms with Crippen LogP contribution in [0, 0.1) is 10.1 Å². The summed E-state index contributed by atoms with van der Waals surface area (Å²) >= 11 is 5.76. The van der Waals surface area contributed by atoms with E-state index in [1.807, 2.05) is 0 Å². The number of hydrogen-bond donors (Lipinski definition) is 2. The van der Waals surface area contributed by atoms with Gasteiger partial charge in [-0.15, -0.1) is 0 Å². The SMILES string of the molecule is O=C1NC(=O)C(Cc2cc(Cl)ccc2[N+](=O)[O-])N1. The van der Waals surface area contributed by atoms with Crippen molar-refractivity contribution in [2.45, 2.75) is 12.5 Å². The second-order valence-corrected chi connectivity index (χ2v) is 4.19. The summed E-state index contributed by atoms with van der Waals surface area (Å²) in [5.74, 6) is -0.505. The number of rotatable bonds is 3. The van der Waals surface area contributed by atoms with Crippen molar-refractivity contribution >= 4 is 29.2 Å². The predicted molar refractivity (Wildman–Crippen MR) is 62.3 cm³/mol. The minimum Gasteiger partial charge on any atom is -0.326 e. The highest BCUT2D eigenvalue weighted by molar-refractivity contribution is 6.30. The summed E-state index contributed by atoms with van der Waals surface area (Å²) < 4.78 is 0. The summed E-state index contributed by atoms with van der Waals surface area (Å²) in [5.41, 5.74) is 0.170. The van der Waals surface area contributed by atoms with E-state index in [2.05, 4.69) is 10.6 Å². The van der Waals surface area contributed by atoms with Gasteiger partial charge < -0.3 is 5.32 Å². The van der Waals surface area contributed by atoms with Crippen molar-refractivity contribution in [3.8, 4) is 0 Å². The van der Waals surface area contributed by atoms with Gasteiger partial charge in [-0.3, -0.25) is 20.2 Å². The molecule has 0 radical (unpaired) electrons. The molecule has 1 saturated heterocycles. The maximum atomic E-state index is 11.4. The van der Waals surface area contributed by atoms with Crippen LogP contribution in [0.5, 0.6) is 0 Å². The molecule has 8 heteroatoms. The third-order valence-corrected chi connectivity index (χ3v) is 2.76. The van der Waals surface area contributed by atoms with Crippen LogP contribution in [0.2, 0.25) is 5.02 Å². The zero-order chi connectivity index (χ0) is 13.3. The van der Waals surface area contributed by atoms with Gasteiger partial charge in [0.05, 0.1) is 4.92 Å². The first-order valence-corrected chi connectivity index (χ1v) is 5.39. The smallest absolute Gasteiger partial charge is 0.322 e. The number of nitro groups is 1. The molecule has 1 aromatic rings. The van der Waals surface area contributed by atoms with Gasteiger partial charge in [-0.1, -0.05) is 11.6 Å². The Morgan fingerprint density at radius 2 is 2.11 bits per heavy atom. The van der Waals surface area contributed by atoms with E-state index >= 15 is 0 Å². The zero-order valence-electron chi connectivity index (χ0n) is 8.97. The lowest BCUT2D eigenvalue weighted by Gasteiger charge is -2.08. The van der Waals surface area contributed by atoms with Crippen LogP contribution < -0.4 is 10.6 Å². The fourth-order valence-corrected chi connectivity index (χ4v) is 1.91. The molecular weight excluding hydrogens is 262 g/mol. The number of hydrogen-bond acceptors (Lipinski definition) is 4. The molecule has 1 aromatic carbocycles. The molecule has 0 spiro atoms. The van der Waals surface area contributed by atoms with Gasteiger partial charge in [0.25, 0.3) is 11.6 Å². The van der Waals surface area contributed by atoms with Gasteiger partial charge in [-0.25, -0.2) is 4.79 Å². The largest absolute Gasteiger partial charge is 0.326 e. The number of halogens is 1. The molecule has 1 aliphatic heterocycles. The molecule has 18 heavy (non-hydrogen) atoms. The highest BCUT2D eigenvalue weighted by Crippen LogP contribution is 2.24. The molecule has 3 amide bonds. The Morgan fingerprint density at radius 1 is 1.39 bits per heavy atom. The number of amides is 3. The third-order valence-electron chi connectivity index (χ3n) is 2.52. The molecule has 2 N–H and O–H groups in total. The number of urea groups is 1. The number of carbonyl (C=O) groups is 2. The predicted octanol–water partition coefficient (Wildman–Crippen LogP) is 0.999. The van der Waals surface area contributed by atoms with E-state index < -0.39 is 22.9 Å². The molecule has 0 aromatic heterocycles. The maximum absolute atomic E-state index is 11.4. The summed E-state index contributed by atoms with van der Waals surface area (Å²) in [7, 11) is 0. The Labute approximate surface area is 106 Å². The van der Waals surface area contributed by atoms with Crippen LogP contribution in [0.3, 0.4) is 0 Å². The highest BCUT2D eigenvalue weighted by atomic mass is 35.5. The normalized spacial score (nSPS) is 18.4. The quantitative estimate of drug-likeness (QED) is 0.485. The van der Waals surface area contributed by atoms with Crippen molar-refractivity contribution in [3.63, 3.8) is 0 Å². The number of benzene rings is 1. The Hall–Kier alpha value is -2.15. The second kappa shape index (κ2) is 4.61. The topological polar surface area (TPSA) is 101 Å². The van der Waals surface area contributed by atoms with Crippen molar-refractivity contribution in [2.24, 2.45) is 0 Å². The number of nitrogens with one attached hydrogen (secondary N) is 2. The molecule has 1 fully saturated rings. The van der Waals surface area contributed by atoms with Crippen LogP contribution in [0.15, 0.2) is 18.2 Å². The highest BCUT2D eigenvalue weighted by Gasteiger charge is 2.31. The van der Waals surface area contributed by atoms with E-state index in [0.717, 1.165) is 0 Å². The van der Waals surface area contributed by atoms with Gasteiger partial charge in [0, 0.05) is 23.1 Å². The minimum atomic E-state index is -0.810. The molecule has 94 valence electrons. The van der Waals surface area contributed by atoms with Crippen LogP contribution in [0.25, 0.3) is 0 Å². The number of carbonyl (C=O) groups excluding carboxylic acids is 2. The number of nitrogens with zero attached hydrogens (tertiary/aromatic N) is 1. The van der Waals surface area contributed by atoms with Crippen LogP contribution in [0.1, 0.15) is 5.56 Å². The second-order valence-electron chi connectivity index (χ2n) is 3.75. The molecular formula is C10H8ClN3O4. The number of nitro benzene ring substituents is 1. The van der Waals surface area contributed by atoms with Crippen LogP contribution in [-0.2, 0) is 11.2 Å². The lowest BCUT2D eigenvalue weighted by Crippen LogP contribution is -2.31. The van der Waals surface area contributed by atoms with Crippen LogP contribution in [-0.4, -0.2) is 22.9 Å². The van der Waals surface area contributed by atoms with Crippen molar-refractivity contribution in [3.05, 3.63) is 38.9 Å². The Morgan fingerprint density at radius 3 is 2.67 bits per heavy atom. The standard InChI is InChI=1S/C10H8ClN3O4/c11-6-1-2-8(14(17)18)5(3-6)4-7-9(15)13-10(16)12-7/h1-3,7H,4H2,(H2,12,13,15,16). The molecule has 0 aliphatic carbocycles. The van der Waals surface area contributed by atoms with Gasteiger partial charge in [-0.05, 0) is 12.1 Å². The first-order valence-electron chi connectivity index (χ1n) is 5.01. The molecule has 1 aliphatic rings. The molecule has 2 rings (SSSR count). The Kier molecular flexibility index (Phi) is 3.15. The summed E-state index contributed by atoms with van der Waals surface area (Å²) in [6.45, 7) is 0. The summed E-state index contributed by atoms with van der Waals surface area (Å²) in [6.07, 6.45) is 0.0223. The summed E-state index contributed by atoms with van der Waals surface area (Å²) in [6, 6.07) is 2.67. The first kappa shape index (κ1) is 12.3. The van der Waals surface area contributed by atoms with E-state index in [4.69, 9.17) is 11.6 Å². The van der Waals surface area contributed by atoms with Crippen molar-refractivity contribution in [1.82, 2.24) is 10.6 Å². The van der Waals surface area contributed by atoms with Gasteiger partial charge in [0.1, 0.15) is 6.04 Å². The van der Waals surface area contributed by atoms with E-state index in [1.165, 1.54) is 18.2 Å². The van der Waals surface area contributed by atoms with E-state index in [9.17, 15) is 19.7 Å². The lowest BCUT2D eigenvalue weighted by molar-refractivity contribution is -0.385. The fraction of sp³-hybridized carbons (Fsp3) is 0.200. The molecule has 1 unspecified atom stereocenters. The van der Waals surface area contributed by atoms with Crippen molar-refractivity contribution in [2.75, 3.05) is 0 Å². The zero-order valence-corrected chi connectivity index (χ0v) is 9.73. The molecule has 0 saturated carbocycles. The van der Waals surface area contributed by atoms with E-state index in [1.54, 1.807) is 0 Å².